The molecule has 2 aliphatic heterocycles. The number of nitrogens with one attached hydrogen (secondary N) is 1. The van der Waals surface area contributed by atoms with E-state index in [4.69, 9.17) is 4.99 Å². The quantitative estimate of drug-likeness (QED) is 0.921. The highest BCUT2D eigenvalue weighted by Crippen LogP contribution is 2.31. The third-order valence-corrected chi connectivity index (χ3v) is 4.84. The Labute approximate surface area is 134 Å². The van der Waals surface area contributed by atoms with Gasteiger partial charge in [0.05, 0.1) is 5.71 Å². The maximum absolute atomic E-state index is 4.98. The van der Waals surface area contributed by atoms with Crippen LogP contribution in [0.4, 0.5) is 0 Å². The van der Waals surface area contributed by atoms with Crippen LogP contribution in [0.1, 0.15) is 50.1 Å². The lowest BCUT2D eigenvalue weighted by Gasteiger charge is -2.32. The molecular formula is C19H27N3. The van der Waals surface area contributed by atoms with Crippen LogP contribution in [0.25, 0.3) is 0 Å². The molecule has 2 unspecified atom stereocenters. The van der Waals surface area contributed by atoms with Gasteiger partial charge in [0.2, 0.25) is 0 Å². The molecule has 1 fully saturated rings. The molecule has 3 heterocycles. The summed E-state index contributed by atoms with van der Waals surface area (Å²) in [5.41, 5.74) is 5.92. The normalized spacial score (nSPS) is 25.3. The number of allylic oxidation sites excluding steroid dienone is 2. The monoisotopic (exact) mass is 297 g/mol. The van der Waals surface area contributed by atoms with Gasteiger partial charge in [-0.2, -0.15) is 0 Å². The minimum atomic E-state index is 0.621. The molecule has 0 amide bonds. The van der Waals surface area contributed by atoms with Gasteiger partial charge in [-0.05, 0) is 56.8 Å². The summed E-state index contributed by atoms with van der Waals surface area (Å²) < 4.78 is 0. The summed E-state index contributed by atoms with van der Waals surface area (Å²) in [5, 5.41) is 3.65. The average Bonchev–Trinajstić information content (AvgIpc) is 2.96. The first kappa shape index (κ1) is 15.4. The Kier molecular flexibility index (Phi) is 4.44. The zero-order valence-corrected chi connectivity index (χ0v) is 14.2. The summed E-state index contributed by atoms with van der Waals surface area (Å²) >= 11 is 0. The smallest absolute Gasteiger partial charge is 0.0518 e. The molecule has 3 heteroatoms. The summed E-state index contributed by atoms with van der Waals surface area (Å²) in [4.78, 5) is 9.44. The van der Waals surface area contributed by atoms with Crippen LogP contribution in [0.2, 0.25) is 0 Å². The minimum absolute atomic E-state index is 0.621. The lowest BCUT2D eigenvalue weighted by molar-refractivity contribution is 0.277. The Hall–Kier alpha value is -1.48. The second kappa shape index (κ2) is 6.33. The zero-order chi connectivity index (χ0) is 15.7. The zero-order valence-electron chi connectivity index (χ0n) is 14.2. The summed E-state index contributed by atoms with van der Waals surface area (Å²) in [6.45, 7) is 9.84. The first-order valence-corrected chi connectivity index (χ1v) is 8.49. The molecule has 0 aliphatic carbocycles. The Morgan fingerprint density at radius 2 is 1.91 bits per heavy atom. The molecular weight excluding hydrogens is 270 g/mol. The molecule has 22 heavy (non-hydrogen) atoms. The van der Waals surface area contributed by atoms with Gasteiger partial charge in [0.25, 0.3) is 0 Å². The van der Waals surface area contributed by atoms with Crippen LogP contribution >= 0.6 is 0 Å². The van der Waals surface area contributed by atoms with E-state index in [9.17, 15) is 0 Å². The Balaban J connectivity index is 1.75. The van der Waals surface area contributed by atoms with E-state index >= 15 is 0 Å². The number of rotatable bonds is 3. The third kappa shape index (κ3) is 3.30. The fourth-order valence-corrected chi connectivity index (χ4v) is 3.62. The number of aromatic nitrogens is 1. The summed E-state index contributed by atoms with van der Waals surface area (Å²) in [6.07, 6.45) is 5.73. The van der Waals surface area contributed by atoms with Crippen LogP contribution < -0.4 is 5.32 Å². The highest BCUT2D eigenvalue weighted by Gasteiger charge is 2.27. The second-order valence-electron chi connectivity index (χ2n) is 7.06. The standard InChI is InChI=1S/C19H27N3/c1-12(2)19-11-15(7-8-20-19)17-5-6-18(22-17)16-9-13(3)21-14(4)10-16/h5,9-10,12,15,19-20H,6-8,11H2,1-4H3. The molecule has 118 valence electrons. The molecule has 1 N–H and O–H groups in total. The molecule has 0 radical (unpaired) electrons. The number of hydrogen-bond acceptors (Lipinski definition) is 3. The second-order valence-corrected chi connectivity index (χ2v) is 7.06. The van der Waals surface area contributed by atoms with Gasteiger partial charge < -0.3 is 5.32 Å². The predicted molar refractivity (Wildman–Crippen MR) is 92.3 cm³/mol. The summed E-state index contributed by atoms with van der Waals surface area (Å²) in [6, 6.07) is 4.94. The van der Waals surface area contributed by atoms with Gasteiger partial charge in [-0.1, -0.05) is 19.9 Å². The van der Waals surface area contributed by atoms with Crippen molar-refractivity contribution in [1.82, 2.24) is 10.3 Å². The van der Waals surface area contributed by atoms with Crippen molar-refractivity contribution >= 4 is 5.71 Å². The topological polar surface area (TPSA) is 37.3 Å². The van der Waals surface area contributed by atoms with Gasteiger partial charge in [0.1, 0.15) is 0 Å². The molecule has 0 bridgehead atoms. The van der Waals surface area contributed by atoms with Crippen LogP contribution in [0.15, 0.2) is 28.9 Å². The molecule has 3 nitrogen and oxygen atoms in total. The van der Waals surface area contributed by atoms with Crippen molar-refractivity contribution in [3.8, 4) is 0 Å². The number of piperidine rings is 1. The van der Waals surface area contributed by atoms with E-state index in [-0.39, 0.29) is 0 Å². The first-order chi connectivity index (χ1) is 10.5. The van der Waals surface area contributed by atoms with E-state index in [2.05, 4.69) is 56.2 Å². The number of pyridine rings is 1. The van der Waals surface area contributed by atoms with Crippen LogP contribution in [-0.4, -0.2) is 23.3 Å². The van der Waals surface area contributed by atoms with E-state index in [1.165, 1.54) is 29.8 Å². The molecule has 0 saturated carbocycles. The Morgan fingerprint density at radius 3 is 2.59 bits per heavy atom. The minimum Gasteiger partial charge on any atom is -0.314 e. The first-order valence-electron chi connectivity index (χ1n) is 8.49. The van der Waals surface area contributed by atoms with Crippen molar-refractivity contribution < 1.29 is 0 Å². The maximum atomic E-state index is 4.98. The molecule has 1 aromatic heterocycles. The number of nitrogens with zero attached hydrogens (tertiary/aromatic N) is 2. The van der Waals surface area contributed by atoms with E-state index in [1.807, 2.05) is 0 Å². The lowest BCUT2D eigenvalue weighted by Crippen LogP contribution is -2.41. The lowest BCUT2D eigenvalue weighted by atomic mass is 9.85. The molecule has 2 atom stereocenters. The van der Waals surface area contributed by atoms with Crippen LogP contribution in [-0.2, 0) is 0 Å². The summed E-state index contributed by atoms with van der Waals surface area (Å²) in [5.74, 6) is 1.31. The third-order valence-electron chi connectivity index (χ3n) is 4.84. The van der Waals surface area contributed by atoms with Gasteiger partial charge in [-0.3, -0.25) is 9.98 Å². The van der Waals surface area contributed by atoms with E-state index in [0.29, 0.717) is 17.9 Å². The molecule has 1 saturated heterocycles. The molecule has 2 aliphatic rings. The Bertz CT molecular complexity index is 593. The van der Waals surface area contributed by atoms with Gasteiger partial charge in [-0.25, -0.2) is 0 Å². The Morgan fingerprint density at radius 1 is 1.18 bits per heavy atom. The van der Waals surface area contributed by atoms with Crippen molar-refractivity contribution in [1.29, 1.82) is 0 Å². The van der Waals surface area contributed by atoms with Gasteiger partial charge in [0.15, 0.2) is 0 Å². The molecule has 1 aromatic rings. The fourth-order valence-electron chi connectivity index (χ4n) is 3.62. The van der Waals surface area contributed by atoms with Crippen LogP contribution in [0.3, 0.4) is 0 Å². The van der Waals surface area contributed by atoms with Gasteiger partial charge >= 0.3 is 0 Å². The van der Waals surface area contributed by atoms with Crippen molar-refractivity contribution in [2.45, 2.75) is 53.0 Å². The maximum Gasteiger partial charge on any atom is 0.0518 e. The average molecular weight is 297 g/mol. The number of aliphatic imine (C=N–C) groups is 1. The van der Waals surface area contributed by atoms with E-state index in [0.717, 1.165) is 24.4 Å². The highest BCUT2D eigenvalue weighted by atomic mass is 14.9. The molecule has 3 rings (SSSR count). The van der Waals surface area contributed by atoms with E-state index in [1.54, 1.807) is 0 Å². The van der Waals surface area contributed by atoms with Crippen molar-refractivity contribution in [3.05, 3.63) is 40.9 Å². The van der Waals surface area contributed by atoms with Crippen LogP contribution in [0, 0.1) is 25.7 Å². The largest absolute Gasteiger partial charge is 0.314 e. The van der Waals surface area contributed by atoms with Crippen molar-refractivity contribution in [2.75, 3.05) is 6.54 Å². The number of aryl methyl sites for hydroxylation is 2. The van der Waals surface area contributed by atoms with Crippen molar-refractivity contribution in [2.24, 2.45) is 16.8 Å². The number of hydrogen-bond donors (Lipinski definition) is 1. The molecule has 0 spiro atoms. The SMILES string of the molecule is Cc1cc(C2=NC(C3CCNC(C(C)C)C3)=CC2)cc(C)n1. The van der Waals surface area contributed by atoms with Crippen molar-refractivity contribution in [3.63, 3.8) is 0 Å². The molecule has 0 aromatic carbocycles. The van der Waals surface area contributed by atoms with Gasteiger partial charge in [-0.15, -0.1) is 0 Å². The predicted octanol–water partition coefficient (Wildman–Crippen LogP) is 3.80. The van der Waals surface area contributed by atoms with E-state index < -0.39 is 0 Å². The fraction of sp³-hybridized carbons (Fsp3) is 0.579. The van der Waals surface area contributed by atoms with Crippen LogP contribution in [0.5, 0.6) is 0 Å². The van der Waals surface area contributed by atoms with Gasteiger partial charge in [0, 0.05) is 35.5 Å². The highest BCUT2D eigenvalue weighted by molar-refractivity contribution is 6.03. The summed E-state index contributed by atoms with van der Waals surface area (Å²) in [7, 11) is 0.